The van der Waals surface area contributed by atoms with E-state index in [1.54, 1.807) is 6.92 Å². The number of H-pyrrole nitrogens is 1. The highest BCUT2D eigenvalue weighted by atomic mass is 32.2. The average Bonchev–Trinajstić information content (AvgIpc) is 3.03. The van der Waals surface area contributed by atoms with Gasteiger partial charge in [-0.3, -0.25) is 9.59 Å². The normalized spacial score (nSPS) is 14.8. The summed E-state index contributed by atoms with van der Waals surface area (Å²) in [6, 6.07) is 4.22. The second-order valence-electron chi connectivity index (χ2n) is 5.97. The van der Waals surface area contributed by atoms with Crippen LogP contribution in [0.2, 0.25) is 0 Å². The molecule has 26 heavy (non-hydrogen) atoms. The van der Waals surface area contributed by atoms with E-state index in [1.807, 2.05) is 0 Å². The van der Waals surface area contributed by atoms with Crippen LogP contribution in [-0.4, -0.2) is 21.1 Å². The van der Waals surface area contributed by atoms with Gasteiger partial charge in [-0.1, -0.05) is 11.8 Å². The molecule has 1 aromatic carbocycles. The van der Waals surface area contributed by atoms with E-state index in [1.165, 1.54) is 12.1 Å². The topological polar surface area (TPSA) is 74.8 Å². The van der Waals surface area contributed by atoms with E-state index in [0.29, 0.717) is 17.1 Å². The van der Waals surface area contributed by atoms with Crippen LogP contribution in [0, 0.1) is 0 Å². The molecule has 3 rings (SSSR count). The Morgan fingerprint density at radius 2 is 1.96 bits per heavy atom. The largest absolute Gasteiger partial charge is 0.416 e. The zero-order chi connectivity index (χ0) is 18.9. The van der Waals surface area contributed by atoms with Crippen LogP contribution in [0.3, 0.4) is 0 Å². The van der Waals surface area contributed by atoms with Crippen LogP contribution in [-0.2, 0) is 23.8 Å². The minimum atomic E-state index is -4.42. The van der Waals surface area contributed by atoms with Gasteiger partial charge in [-0.15, -0.1) is 0 Å². The van der Waals surface area contributed by atoms with Crippen molar-refractivity contribution in [3.8, 4) is 0 Å². The molecule has 5 nitrogen and oxygen atoms in total. The summed E-state index contributed by atoms with van der Waals surface area (Å²) in [6.45, 7) is 1.64. The number of hydrogen-bond acceptors (Lipinski definition) is 4. The van der Waals surface area contributed by atoms with Crippen LogP contribution in [0.25, 0.3) is 0 Å². The second-order valence-corrected chi connectivity index (χ2v) is 7.30. The molecule has 138 valence electrons. The van der Waals surface area contributed by atoms with Crippen molar-refractivity contribution < 1.29 is 18.0 Å². The summed E-state index contributed by atoms with van der Waals surface area (Å²) < 4.78 is 37.7. The first-order chi connectivity index (χ1) is 12.2. The summed E-state index contributed by atoms with van der Waals surface area (Å²) in [6.07, 6.45) is -2.06. The SMILES string of the molecule is CC(Sc1nc2c(c(=O)[nH]1)CCC2)C(=O)Nc1ccc(C(F)(F)F)cc1. The van der Waals surface area contributed by atoms with E-state index < -0.39 is 22.9 Å². The minimum absolute atomic E-state index is 0.176. The lowest BCUT2D eigenvalue weighted by atomic mass is 10.2. The quantitative estimate of drug-likeness (QED) is 0.627. The number of benzene rings is 1. The third kappa shape index (κ3) is 4.09. The van der Waals surface area contributed by atoms with Crippen LogP contribution in [0.1, 0.15) is 30.2 Å². The Kier molecular flexibility index (Phi) is 5.08. The molecule has 1 amide bonds. The maximum Gasteiger partial charge on any atom is 0.416 e. The van der Waals surface area contributed by atoms with Crippen molar-refractivity contribution in [1.82, 2.24) is 9.97 Å². The molecule has 1 aromatic heterocycles. The molecular weight excluding hydrogens is 367 g/mol. The first kappa shape index (κ1) is 18.5. The highest BCUT2D eigenvalue weighted by Gasteiger charge is 2.30. The molecular formula is C17H16F3N3O2S. The van der Waals surface area contributed by atoms with E-state index in [9.17, 15) is 22.8 Å². The van der Waals surface area contributed by atoms with E-state index in [4.69, 9.17) is 0 Å². The number of fused-ring (bicyclic) bond motifs is 1. The number of rotatable bonds is 4. The molecule has 0 aliphatic heterocycles. The Morgan fingerprint density at radius 1 is 1.27 bits per heavy atom. The third-order valence-electron chi connectivity index (χ3n) is 4.06. The number of nitrogens with one attached hydrogen (secondary N) is 2. The van der Waals surface area contributed by atoms with Gasteiger partial charge >= 0.3 is 6.18 Å². The maximum absolute atomic E-state index is 12.6. The van der Waals surface area contributed by atoms with Crippen LogP contribution in [0.15, 0.2) is 34.2 Å². The predicted molar refractivity (Wildman–Crippen MR) is 92.3 cm³/mol. The van der Waals surface area contributed by atoms with Crippen molar-refractivity contribution in [3.05, 3.63) is 51.4 Å². The second kappa shape index (κ2) is 7.14. The predicted octanol–water partition coefficient (Wildman–Crippen LogP) is 3.40. The van der Waals surface area contributed by atoms with Crippen molar-refractivity contribution in [3.63, 3.8) is 0 Å². The Labute approximate surface area is 151 Å². The number of nitrogens with zero attached hydrogens (tertiary/aromatic N) is 1. The molecule has 0 saturated heterocycles. The van der Waals surface area contributed by atoms with Crippen LogP contribution >= 0.6 is 11.8 Å². The lowest BCUT2D eigenvalue weighted by Crippen LogP contribution is -2.24. The molecule has 0 bridgehead atoms. The lowest BCUT2D eigenvalue weighted by Gasteiger charge is -2.13. The molecule has 0 fully saturated rings. The van der Waals surface area contributed by atoms with Crippen molar-refractivity contribution in [2.75, 3.05) is 5.32 Å². The first-order valence-corrected chi connectivity index (χ1v) is 8.89. The number of aryl methyl sites for hydroxylation is 1. The number of anilines is 1. The number of amides is 1. The Balaban J connectivity index is 1.65. The Morgan fingerprint density at radius 3 is 2.62 bits per heavy atom. The monoisotopic (exact) mass is 383 g/mol. The number of halogens is 3. The van der Waals surface area contributed by atoms with Crippen molar-refractivity contribution in [2.45, 2.75) is 42.8 Å². The van der Waals surface area contributed by atoms with E-state index in [2.05, 4.69) is 15.3 Å². The van der Waals surface area contributed by atoms with Gasteiger partial charge in [-0.05, 0) is 50.5 Å². The van der Waals surface area contributed by atoms with Gasteiger partial charge in [-0.2, -0.15) is 13.2 Å². The molecule has 1 unspecified atom stereocenters. The smallest absolute Gasteiger partial charge is 0.325 e. The van der Waals surface area contributed by atoms with Crippen molar-refractivity contribution in [1.29, 1.82) is 0 Å². The summed E-state index contributed by atoms with van der Waals surface area (Å²) in [4.78, 5) is 31.3. The Bertz CT molecular complexity index is 878. The zero-order valence-corrected chi connectivity index (χ0v) is 14.6. The fourth-order valence-corrected chi connectivity index (χ4v) is 3.50. The maximum atomic E-state index is 12.6. The average molecular weight is 383 g/mol. The molecule has 0 saturated carbocycles. The molecule has 1 aliphatic rings. The minimum Gasteiger partial charge on any atom is -0.325 e. The molecule has 0 radical (unpaired) electrons. The van der Waals surface area contributed by atoms with Gasteiger partial charge in [-0.25, -0.2) is 4.98 Å². The number of carbonyl (C=O) groups excluding carboxylic acids is 1. The van der Waals surface area contributed by atoms with Gasteiger partial charge in [0.25, 0.3) is 5.56 Å². The van der Waals surface area contributed by atoms with Gasteiger partial charge in [0.15, 0.2) is 5.16 Å². The van der Waals surface area contributed by atoms with Crippen LogP contribution in [0.4, 0.5) is 18.9 Å². The lowest BCUT2D eigenvalue weighted by molar-refractivity contribution is -0.137. The molecule has 1 atom stereocenters. The van der Waals surface area contributed by atoms with Crippen LogP contribution in [0.5, 0.6) is 0 Å². The van der Waals surface area contributed by atoms with Crippen molar-refractivity contribution >= 4 is 23.4 Å². The molecule has 0 spiro atoms. The van der Waals surface area contributed by atoms with Crippen LogP contribution < -0.4 is 10.9 Å². The van der Waals surface area contributed by atoms with Gasteiger partial charge < -0.3 is 10.3 Å². The summed E-state index contributed by atoms with van der Waals surface area (Å²) in [5.41, 5.74) is 0.789. The molecule has 2 aromatic rings. The molecule has 9 heteroatoms. The third-order valence-corrected chi connectivity index (χ3v) is 5.04. The highest BCUT2D eigenvalue weighted by molar-refractivity contribution is 8.00. The van der Waals surface area contributed by atoms with E-state index in [0.717, 1.165) is 42.4 Å². The summed E-state index contributed by atoms with van der Waals surface area (Å²) in [7, 11) is 0. The van der Waals surface area contributed by atoms with E-state index in [-0.39, 0.29) is 11.2 Å². The summed E-state index contributed by atoms with van der Waals surface area (Å²) in [5.74, 6) is -0.391. The number of aromatic amines is 1. The van der Waals surface area contributed by atoms with Gasteiger partial charge in [0, 0.05) is 11.3 Å². The molecule has 1 aliphatic carbocycles. The highest BCUT2D eigenvalue weighted by Crippen LogP contribution is 2.30. The number of hydrogen-bond donors (Lipinski definition) is 2. The number of thioether (sulfide) groups is 1. The number of carbonyl (C=O) groups is 1. The zero-order valence-electron chi connectivity index (χ0n) is 13.8. The summed E-state index contributed by atoms with van der Waals surface area (Å²) in [5, 5.41) is 2.34. The van der Waals surface area contributed by atoms with E-state index >= 15 is 0 Å². The molecule has 2 N–H and O–H groups in total. The number of alkyl halides is 3. The molecule has 1 heterocycles. The Hall–Kier alpha value is -2.29. The van der Waals surface area contributed by atoms with Gasteiger partial charge in [0.2, 0.25) is 5.91 Å². The number of aromatic nitrogens is 2. The van der Waals surface area contributed by atoms with Crippen molar-refractivity contribution in [2.24, 2.45) is 0 Å². The summed E-state index contributed by atoms with van der Waals surface area (Å²) >= 11 is 1.10. The van der Waals surface area contributed by atoms with Gasteiger partial charge in [0.05, 0.1) is 16.5 Å². The first-order valence-electron chi connectivity index (χ1n) is 8.01. The fraction of sp³-hybridized carbons (Fsp3) is 0.353. The fourth-order valence-electron chi connectivity index (χ4n) is 2.68. The van der Waals surface area contributed by atoms with Gasteiger partial charge in [0.1, 0.15) is 0 Å². The standard InChI is InChI=1S/C17H16F3N3O2S/c1-9(26-16-22-13-4-2-3-12(13)15(25)23-16)14(24)21-11-7-5-10(6-8-11)17(18,19)20/h5-9H,2-4H2,1H3,(H,21,24)(H,22,23,25).